The molecule has 4 nitrogen and oxygen atoms in total. The standard InChI is InChI=1S/C14H18N2O2/c1-17-12-4-2-3-10(7-12)13-9-16-14(18-13)11-5-6-15-8-11/h2-4,7,11,13,15H,5-6,8-9H2,1H3. The van der Waals surface area contributed by atoms with Gasteiger partial charge in [-0.2, -0.15) is 0 Å². The average Bonchev–Trinajstić information content (AvgIpc) is 3.09. The summed E-state index contributed by atoms with van der Waals surface area (Å²) in [6.45, 7) is 2.78. The Hall–Kier alpha value is -1.55. The van der Waals surface area contributed by atoms with Crippen LogP contribution in [-0.2, 0) is 4.74 Å². The van der Waals surface area contributed by atoms with Crippen LogP contribution in [0.15, 0.2) is 29.3 Å². The summed E-state index contributed by atoms with van der Waals surface area (Å²) in [5.74, 6) is 2.25. The zero-order chi connectivity index (χ0) is 12.4. The average molecular weight is 246 g/mol. The van der Waals surface area contributed by atoms with Crippen molar-refractivity contribution in [3.05, 3.63) is 29.8 Å². The molecule has 2 aliphatic rings. The van der Waals surface area contributed by atoms with Crippen molar-refractivity contribution in [3.8, 4) is 5.75 Å². The molecular formula is C14H18N2O2. The first kappa shape index (κ1) is 11.5. The molecular weight excluding hydrogens is 228 g/mol. The lowest BCUT2D eigenvalue weighted by Gasteiger charge is -2.15. The minimum atomic E-state index is 0.0516. The van der Waals surface area contributed by atoms with E-state index in [4.69, 9.17) is 9.47 Å². The molecule has 3 rings (SSSR count). The van der Waals surface area contributed by atoms with Crippen LogP contribution in [0.1, 0.15) is 18.1 Å². The fourth-order valence-corrected chi connectivity index (χ4v) is 2.50. The molecule has 0 aromatic heterocycles. The first-order valence-electron chi connectivity index (χ1n) is 6.42. The van der Waals surface area contributed by atoms with Crippen LogP contribution in [0.2, 0.25) is 0 Å². The second kappa shape index (κ2) is 4.98. The summed E-state index contributed by atoms with van der Waals surface area (Å²) in [6.07, 6.45) is 1.18. The van der Waals surface area contributed by atoms with Crippen LogP contribution >= 0.6 is 0 Å². The van der Waals surface area contributed by atoms with Crippen molar-refractivity contribution in [2.45, 2.75) is 12.5 Å². The van der Waals surface area contributed by atoms with E-state index in [9.17, 15) is 0 Å². The van der Waals surface area contributed by atoms with Crippen LogP contribution in [0.4, 0.5) is 0 Å². The van der Waals surface area contributed by atoms with E-state index < -0.39 is 0 Å². The molecule has 2 aliphatic heterocycles. The third-order valence-electron chi connectivity index (χ3n) is 3.55. The van der Waals surface area contributed by atoms with Gasteiger partial charge in [-0.25, -0.2) is 0 Å². The summed E-state index contributed by atoms with van der Waals surface area (Å²) < 4.78 is 11.2. The highest BCUT2D eigenvalue weighted by atomic mass is 16.5. The predicted molar refractivity (Wildman–Crippen MR) is 70.1 cm³/mol. The molecule has 1 aromatic carbocycles. The van der Waals surface area contributed by atoms with Crippen LogP contribution < -0.4 is 10.1 Å². The van der Waals surface area contributed by atoms with E-state index in [1.807, 2.05) is 18.2 Å². The van der Waals surface area contributed by atoms with E-state index in [-0.39, 0.29) is 6.10 Å². The van der Waals surface area contributed by atoms with Gasteiger partial charge in [-0.3, -0.25) is 4.99 Å². The molecule has 1 fully saturated rings. The molecule has 0 radical (unpaired) electrons. The summed E-state index contributed by atoms with van der Waals surface area (Å²) in [6, 6.07) is 8.03. The lowest BCUT2D eigenvalue weighted by Crippen LogP contribution is -2.18. The molecule has 96 valence electrons. The Labute approximate surface area is 107 Å². The molecule has 1 N–H and O–H groups in total. The maximum atomic E-state index is 5.99. The smallest absolute Gasteiger partial charge is 0.188 e. The van der Waals surface area contributed by atoms with Crippen molar-refractivity contribution in [3.63, 3.8) is 0 Å². The second-order valence-electron chi connectivity index (χ2n) is 4.75. The van der Waals surface area contributed by atoms with E-state index in [1.165, 1.54) is 0 Å². The molecule has 1 saturated heterocycles. The quantitative estimate of drug-likeness (QED) is 0.884. The number of methoxy groups -OCH3 is 1. The number of hydrogen-bond acceptors (Lipinski definition) is 4. The van der Waals surface area contributed by atoms with Crippen molar-refractivity contribution in [2.24, 2.45) is 10.9 Å². The normalized spacial score (nSPS) is 26.8. The fourth-order valence-electron chi connectivity index (χ4n) is 2.50. The predicted octanol–water partition coefficient (Wildman–Crippen LogP) is 1.77. The maximum absolute atomic E-state index is 5.99. The van der Waals surface area contributed by atoms with E-state index in [0.29, 0.717) is 5.92 Å². The Kier molecular flexibility index (Phi) is 3.19. The number of nitrogens with one attached hydrogen (secondary N) is 1. The van der Waals surface area contributed by atoms with Gasteiger partial charge in [0, 0.05) is 12.5 Å². The first-order chi connectivity index (χ1) is 8.86. The highest BCUT2D eigenvalue weighted by Gasteiger charge is 2.29. The molecule has 18 heavy (non-hydrogen) atoms. The fraction of sp³-hybridized carbons (Fsp3) is 0.500. The van der Waals surface area contributed by atoms with Gasteiger partial charge < -0.3 is 14.8 Å². The summed E-state index contributed by atoms with van der Waals surface area (Å²) in [4.78, 5) is 4.54. The van der Waals surface area contributed by atoms with E-state index in [1.54, 1.807) is 7.11 Å². The summed E-state index contributed by atoms with van der Waals surface area (Å²) >= 11 is 0. The van der Waals surface area contributed by atoms with Crippen LogP contribution in [0.5, 0.6) is 5.75 Å². The van der Waals surface area contributed by atoms with Gasteiger partial charge in [-0.15, -0.1) is 0 Å². The number of rotatable bonds is 3. The number of aliphatic imine (C=N–C) groups is 1. The van der Waals surface area contributed by atoms with Gasteiger partial charge in [0.05, 0.1) is 13.7 Å². The van der Waals surface area contributed by atoms with Crippen molar-refractivity contribution in [1.29, 1.82) is 0 Å². The van der Waals surface area contributed by atoms with Crippen molar-refractivity contribution in [1.82, 2.24) is 5.32 Å². The van der Waals surface area contributed by atoms with E-state index >= 15 is 0 Å². The van der Waals surface area contributed by atoms with E-state index in [0.717, 1.165) is 43.3 Å². The van der Waals surface area contributed by atoms with Gasteiger partial charge in [-0.1, -0.05) is 12.1 Å². The lowest BCUT2D eigenvalue weighted by atomic mass is 10.1. The molecule has 0 saturated carbocycles. The van der Waals surface area contributed by atoms with Gasteiger partial charge >= 0.3 is 0 Å². The zero-order valence-corrected chi connectivity index (χ0v) is 10.6. The molecule has 1 aromatic rings. The monoisotopic (exact) mass is 246 g/mol. The van der Waals surface area contributed by atoms with E-state index in [2.05, 4.69) is 16.4 Å². The minimum absolute atomic E-state index is 0.0516. The Bertz CT molecular complexity index is 453. The number of nitrogens with zero attached hydrogens (tertiary/aromatic N) is 1. The number of ether oxygens (including phenoxy) is 2. The lowest BCUT2D eigenvalue weighted by molar-refractivity contribution is 0.215. The number of benzene rings is 1. The molecule has 0 aliphatic carbocycles. The molecule has 0 bridgehead atoms. The van der Waals surface area contributed by atoms with Gasteiger partial charge in [0.1, 0.15) is 11.9 Å². The highest BCUT2D eigenvalue weighted by molar-refractivity contribution is 5.81. The molecule has 0 amide bonds. The Morgan fingerprint density at radius 2 is 2.39 bits per heavy atom. The second-order valence-corrected chi connectivity index (χ2v) is 4.75. The van der Waals surface area contributed by atoms with Gasteiger partial charge in [0.25, 0.3) is 0 Å². The third-order valence-corrected chi connectivity index (χ3v) is 3.55. The number of hydrogen-bond donors (Lipinski definition) is 1. The highest BCUT2D eigenvalue weighted by Crippen LogP contribution is 2.28. The summed E-state index contributed by atoms with van der Waals surface area (Å²) in [7, 11) is 1.68. The molecule has 4 heteroatoms. The maximum Gasteiger partial charge on any atom is 0.188 e. The Morgan fingerprint density at radius 1 is 1.44 bits per heavy atom. The minimum Gasteiger partial charge on any atom is -0.497 e. The van der Waals surface area contributed by atoms with Crippen molar-refractivity contribution in [2.75, 3.05) is 26.7 Å². The van der Waals surface area contributed by atoms with Gasteiger partial charge in [-0.05, 0) is 30.7 Å². The SMILES string of the molecule is COc1cccc(C2CN=C(C3CCNC3)O2)c1. The molecule has 2 heterocycles. The first-order valence-corrected chi connectivity index (χ1v) is 6.42. The molecule has 2 unspecified atom stereocenters. The van der Waals surface area contributed by atoms with Crippen LogP contribution in [0, 0.1) is 5.92 Å². The Morgan fingerprint density at radius 3 is 3.17 bits per heavy atom. The van der Waals surface area contributed by atoms with Gasteiger partial charge in [0.15, 0.2) is 5.90 Å². The largest absolute Gasteiger partial charge is 0.497 e. The Balaban J connectivity index is 1.69. The van der Waals surface area contributed by atoms with Crippen LogP contribution in [0.3, 0.4) is 0 Å². The van der Waals surface area contributed by atoms with Gasteiger partial charge in [0.2, 0.25) is 0 Å². The zero-order valence-electron chi connectivity index (χ0n) is 10.6. The van der Waals surface area contributed by atoms with Crippen molar-refractivity contribution < 1.29 is 9.47 Å². The molecule has 0 spiro atoms. The third kappa shape index (κ3) is 2.20. The summed E-state index contributed by atoms with van der Waals surface area (Å²) in [5.41, 5.74) is 1.14. The van der Waals surface area contributed by atoms with Crippen LogP contribution in [-0.4, -0.2) is 32.6 Å². The van der Waals surface area contributed by atoms with Crippen LogP contribution in [0.25, 0.3) is 0 Å². The topological polar surface area (TPSA) is 42.8 Å². The van der Waals surface area contributed by atoms with Crippen molar-refractivity contribution >= 4 is 5.90 Å². The summed E-state index contributed by atoms with van der Waals surface area (Å²) in [5, 5.41) is 3.34. The molecule has 2 atom stereocenters.